The summed E-state index contributed by atoms with van der Waals surface area (Å²) in [7, 11) is -3.13. The molecule has 4 heteroatoms. The predicted molar refractivity (Wildman–Crippen MR) is 148 cm³/mol. The van der Waals surface area contributed by atoms with E-state index in [1.54, 1.807) is 12.1 Å². The quantitative estimate of drug-likeness (QED) is 0.199. The molecule has 0 spiro atoms. The third-order valence-electron chi connectivity index (χ3n) is 6.22. The van der Waals surface area contributed by atoms with Gasteiger partial charge in [0.05, 0.1) is 18.2 Å². The van der Waals surface area contributed by atoms with Gasteiger partial charge in [-0.15, -0.1) is 0 Å². The monoisotopic (exact) mass is 480 g/mol. The molecule has 5 rings (SSSR count). The fraction of sp³-hybridized carbons (Fsp3) is 0. The lowest BCUT2D eigenvalue weighted by Crippen LogP contribution is -2.24. The van der Waals surface area contributed by atoms with E-state index in [4.69, 9.17) is 6.57 Å². The van der Waals surface area contributed by atoms with Crippen LogP contribution >= 0.6 is 7.14 Å². The molecule has 5 aromatic carbocycles. The molecule has 3 nitrogen and oxygen atoms in total. The van der Waals surface area contributed by atoms with E-state index in [-0.39, 0.29) is 0 Å². The highest BCUT2D eigenvalue weighted by Gasteiger charge is 2.29. The lowest BCUT2D eigenvalue weighted by Gasteiger charge is -2.21. The number of hydrogen-bond acceptors (Lipinski definition) is 2. The summed E-state index contributed by atoms with van der Waals surface area (Å²) in [5.74, 6) is 0. The van der Waals surface area contributed by atoms with E-state index in [9.17, 15) is 9.83 Å². The molecule has 0 aliphatic rings. The van der Waals surface area contributed by atoms with Gasteiger partial charge >= 0.3 is 0 Å². The summed E-state index contributed by atoms with van der Waals surface area (Å²) < 4.78 is 14.8. The third-order valence-corrected chi connectivity index (χ3v) is 9.29. The van der Waals surface area contributed by atoms with Crippen molar-refractivity contribution < 1.29 is 4.57 Å². The summed E-state index contributed by atoms with van der Waals surface area (Å²) >= 11 is 0. The molecular weight excluding hydrogens is 459 g/mol. The Kier molecular flexibility index (Phi) is 6.34. The fourth-order valence-electron chi connectivity index (χ4n) is 4.34. The van der Waals surface area contributed by atoms with Gasteiger partial charge in [-0.05, 0) is 40.5 Å². The molecular formula is C32H21N2OP. The Hall–Kier alpha value is -4.69. The van der Waals surface area contributed by atoms with Crippen LogP contribution in [0.2, 0.25) is 0 Å². The minimum absolute atomic E-state index is 0.590. The van der Waals surface area contributed by atoms with Gasteiger partial charge in [0.25, 0.3) is 0 Å². The number of rotatable bonds is 5. The summed E-state index contributed by atoms with van der Waals surface area (Å²) in [6.07, 6.45) is 0. The zero-order valence-electron chi connectivity index (χ0n) is 19.4. The van der Waals surface area contributed by atoms with E-state index < -0.39 is 7.14 Å². The van der Waals surface area contributed by atoms with Gasteiger partial charge in [-0.1, -0.05) is 109 Å². The van der Waals surface area contributed by atoms with Crippen LogP contribution < -0.4 is 15.9 Å². The summed E-state index contributed by atoms with van der Waals surface area (Å²) in [6.45, 7) is 7.27. The molecule has 0 amide bonds. The lowest BCUT2D eigenvalue weighted by atomic mass is 10.0. The SMILES string of the molecule is [C-]#[N+]c1cccc(-c2ccc(P(=O)(c3ccccc3)c3ccc(-c4cccc(C#N)c4)cc3)cc2)c1. The highest BCUT2D eigenvalue weighted by atomic mass is 31.2. The molecule has 5 aromatic rings. The van der Waals surface area contributed by atoms with Crippen LogP contribution in [-0.2, 0) is 4.57 Å². The highest BCUT2D eigenvalue weighted by molar-refractivity contribution is 7.85. The molecule has 0 fully saturated rings. The van der Waals surface area contributed by atoms with Crippen LogP contribution in [0.4, 0.5) is 5.69 Å². The standard InChI is InChI=1S/C32H21N2OP/c1-34-29-10-6-9-28(22-29)26-15-19-32(20-16-26)36(35,30-11-3-2-4-12-30)31-17-13-25(14-18-31)27-8-5-7-24(21-27)23-33/h2-22H. The molecule has 0 radical (unpaired) electrons. The van der Waals surface area contributed by atoms with Crippen molar-refractivity contribution in [2.24, 2.45) is 0 Å². The average molecular weight is 481 g/mol. The Bertz CT molecular complexity index is 1550. The second-order valence-electron chi connectivity index (χ2n) is 8.39. The van der Waals surface area contributed by atoms with E-state index in [0.29, 0.717) is 11.3 Å². The topological polar surface area (TPSA) is 45.2 Å². The van der Waals surface area contributed by atoms with Crippen molar-refractivity contribution in [3.63, 3.8) is 0 Å². The van der Waals surface area contributed by atoms with Gasteiger partial charge in [-0.3, -0.25) is 0 Å². The first-order chi connectivity index (χ1) is 17.6. The smallest absolute Gasteiger partial charge is 0.187 e. The number of benzene rings is 5. The zero-order chi connectivity index (χ0) is 25.0. The number of nitrogens with zero attached hydrogens (tertiary/aromatic N) is 2. The molecule has 170 valence electrons. The Balaban J connectivity index is 1.57. The highest BCUT2D eigenvalue weighted by Crippen LogP contribution is 2.43. The van der Waals surface area contributed by atoms with Gasteiger partial charge in [0, 0.05) is 15.9 Å². The minimum atomic E-state index is -3.13. The molecule has 1 unspecified atom stereocenters. The van der Waals surface area contributed by atoms with Crippen molar-refractivity contribution in [2.75, 3.05) is 0 Å². The van der Waals surface area contributed by atoms with Crippen LogP contribution in [0.15, 0.2) is 127 Å². The third kappa shape index (κ3) is 4.37. The van der Waals surface area contributed by atoms with Gasteiger partial charge in [0.2, 0.25) is 0 Å². The molecule has 0 heterocycles. The second-order valence-corrected chi connectivity index (χ2v) is 11.2. The molecule has 0 aliphatic heterocycles. The Morgan fingerprint density at radius 1 is 0.583 bits per heavy atom. The van der Waals surface area contributed by atoms with E-state index >= 15 is 0 Å². The van der Waals surface area contributed by atoms with Gasteiger partial charge in [-0.25, -0.2) is 4.85 Å². The Morgan fingerprint density at radius 3 is 1.67 bits per heavy atom. The summed E-state index contributed by atoms with van der Waals surface area (Å²) in [5, 5.41) is 11.5. The molecule has 0 aliphatic carbocycles. The maximum Gasteiger partial charge on any atom is 0.187 e. The molecule has 1 atom stereocenters. The number of nitriles is 1. The molecule has 0 bridgehead atoms. The first-order valence-corrected chi connectivity index (χ1v) is 13.2. The first-order valence-electron chi connectivity index (χ1n) is 11.5. The van der Waals surface area contributed by atoms with E-state index in [0.717, 1.165) is 38.2 Å². The summed E-state index contributed by atoms with van der Waals surface area (Å²) in [6, 6.07) is 42.3. The molecule has 0 N–H and O–H groups in total. The maximum absolute atomic E-state index is 14.8. The molecule has 36 heavy (non-hydrogen) atoms. The van der Waals surface area contributed by atoms with E-state index in [2.05, 4.69) is 10.9 Å². The Morgan fingerprint density at radius 2 is 1.11 bits per heavy atom. The van der Waals surface area contributed by atoms with Crippen molar-refractivity contribution in [1.29, 1.82) is 5.26 Å². The number of hydrogen-bond donors (Lipinski definition) is 0. The summed E-state index contributed by atoms with van der Waals surface area (Å²) in [5.41, 5.74) is 5.03. The van der Waals surface area contributed by atoms with Crippen molar-refractivity contribution >= 4 is 28.7 Å². The van der Waals surface area contributed by atoms with E-state index in [1.807, 2.05) is 115 Å². The van der Waals surface area contributed by atoms with Crippen LogP contribution in [0, 0.1) is 17.9 Å². The molecule has 0 saturated heterocycles. The zero-order valence-corrected chi connectivity index (χ0v) is 20.3. The van der Waals surface area contributed by atoms with Crippen LogP contribution in [0.25, 0.3) is 27.1 Å². The van der Waals surface area contributed by atoms with Gasteiger partial charge in [0.1, 0.15) is 0 Å². The van der Waals surface area contributed by atoms with Gasteiger partial charge in [-0.2, -0.15) is 5.26 Å². The minimum Gasteiger partial charge on any atom is -0.309 e. The largest absolute Gasteiger partial charge is 0.309 e. The fourth-order valence-corrected chi connectivity index (χ4v) is 6.96. The van der Waals surface area contributed by atoms with Crippen LogP contribution in [0.5, 0.6) is 0 Å². The average Bonchev–Trinajstić information content (AvgIpc) is 2.97. The van der Waals surface area contributed by atoms with Crippen LogP contribution in [0.1, 0.15) is 5.56 Å². The maximum atomic E-state index is 14.8. The summed E-state index contributed by atoms with van der Waals surface area (Å²) in [4.78, 5) is 3.52. The predicted octanol–water partition coefficient (Wildman–Crippen LogP) is 7.08. The molecule has 0 aromatic heterocycles. The van der Waals surface area contributed by atoms with Crippen LogP contribution in [0.3, 0.4) is 0 Å². The molecule has 0 saturated carbocycles. The van der Waals surface area contributed by atoms with Crippen molar-refractivity contribution in [3.05, 3.63) is 144 Å². The second kappa shape index (κ2) is 9.89. The van der Waals surface area contributed by atoms with Crippen molar-refractivity contribution in [1.82, 2.24) is 0 Å². The Labute approximate surface area is 211 Å². The van der Waals surface area contributed by atoms with Gasteiger partial charge < -0.3 is 4.57 Å². The lowest BCUT2D eigenvalue weighted by molar-refractivity contribution is 0.592. The van der Waals surface area contributed by atoms with Gasteiger partial charge in [0.15, 0.2) is 12.8 Å². The van der Waals surface area contributed by atoms with E-state index in [1.165, 1.54) is 0 Å². The van der Waals surface area contributed by atoms with Crippen LogP contribution in [-0.4, -0.2) is 0 Å². The normalized spacial score (nSPS) is 12.2. The van der Waals surface area contributed by atoms with Crippen molar-refractivity contribution in [2.45, 2.75) is 0 Å². The van der Waals surface area contributed by atoms with Crippen molar-refractivity contribution in [3.8, 4) is 28.3 Å². The first kappa shape index (κ1) is 23.1.